The molecular formula is C26H25N3O3S. The number of hydrogen-bond donors (Lipinski definition) is 2. The highest BCUT2D eigenvalue weighted by molar-refractivity contribution is 7.80. The first-order valence-corrected chi connectivity index (χ1v) is 11.1. The number of nitrogens with one attached hydrogen (secondary N) is 2. The van der Waals surface area contributed by atoms with Gasteiger partial charge in [-0.3, -0.25) is 10.1 Å². The molecule has 0 radical (unpaired) electrons. The minimum absolute atomic E-state index is 0.200. The van der Waals surface area contributed by atoms with Crippen LogP contribution >= 0.6 is 12.2 Å². The van der Waals surface area contributed by atoms with Gasteiger partial charge in [-0.05, 0) is 93.0 Å². The van der Waals surface area contributed by atoms with Gasteiger partial charge in [0.1, 0.15) is 11.3 Å². The van der Waals surface area contributed by atoms with E-state index in [4.69, 9.17) is 21.4 Å². The molecule has 0 saturated carbocycles. The van der Waals surface area contributed by atoms with Crippen LogP contribution in [0.1, 0.15) is 34.0 Å². The van der Waals surface area contributed by atoms with Gasteiger partial charge in [-0.2, -0.15) is 0 Å². The molecule has 1 heterocycles. The van der Waals surface area contributed by atoms with Gasteiger partial charge in [-0.1, -0.05) is 18.2 Å². The molecule has 3 aromatic carbocycles. The lowest BCUT2D eigenvalue weighted by atomic mass is 10.1. The highest BCUT2D eigenvalue weighted by Gasteiger charge is 2.16. The second kappa shape index (κ2) is 9.42. The Hall–Kier alpha value is -3.71. The number of rotatable bonds is 5. The molecule has 33 heavy (non-hydrogen) atoms. The average Bonchev–Trinajstić information content (AvgIpc) is 3.20. The molecule has 168 valence electrons. The molecule has 0 bridgehead atoms. The van der Waals surface area contributed by atoms with Crippen molar-refractivity contribution in [3.05, 3.63) is 76.9 Å². The maximum absolute atomic E-state index is 12.6. The molecule has 1 amide bonds. The van der Waals surface area contributed by atoms with Crippen molar-refractivity contribution in [3.8, 4) is 17.2 Å². The number of amides is 1. The minimum atomic E-state index is -0.312. The molecule has 0 aliphatic carbocycles. The first-order chi connectivity index (χ1) is 15.9. The van der Waals surface area contributed by atoms with E-state index >= 15 is 0 Å². The molecule has 0 aliphatic rings. The van der Waals surface area contributed by atoms with Crippen LogP contribution < -0.4 is 15.4 Å². The molecule has 0 atom stereocenters. The van der Waals surface area contributed by atoms with Crippen molar-refractivity contribution in [1.29, 1.82) is 0 Å². The van der Waals surface area contributed by atoms with Crippen LogP contribution in [0.2, 0.25) is 0 Å². The van der Waals surface area contributed by atoms with Gasteiger partial charge in [0.05, 0.1) is 6.61 Å². The number of oxazole rings is 1. The van der Waals surface area contributed by atoms with Crippen molar-refractivity contribution in [2.75, 3.05) is 11.9 Å². The Morgan fingerprint density at radius 1 is 1.09 bits per heavy atom. The average molecular weight is 460 g/mol. The third kappa shape index (κ3) is 4.88. The van der Waals surface area contributed by atoms with E-state index in [2.05, 4.69) is 21.7 Å². The standard InChI is InChI=1S/C26H25N3O3S/c1-5-31-19-9-6-8-18(14-19)24(30)29-26(33)28-21-11-7-10-20(17(21)4)25-27-22-13-15(2)12-16(3)23(22)32-25/h6-14H,5H2,1-4H3,(H2,28,29,30,33). The molecule has 7 heteroatoms. The lowest BCUT2D eigenvalue weighted by Crippen LogP contribution is -2.34. The monoisotopic (exact) mass is 459 g/mol. The summed E-state index contributed by atoms with van der Waals surface area (Å²) in [7, 11) is 0. The Morgan fingerprint density at radius 2 is 1.88 bits per heavy atom. The summed E-state index contributed by atoms with van der Waals surface area (Å²) in [5, 5.41) is 6.04. The van der Waals surface area contributed by atoms with Crippen LogP contribution in [0.4, 0.5) is 5.69 Å². The Labute approximate surface area is 198 Å². The summed E-state index contributed by atoms with van der Waals surface area (Å²) in [6.07, 6.45) is 0. The predicted molar refractivity (Wildman–Crippen MR) is 135 cm³/mol. The van der Waals surface area contributed by atoms with Crippen LogP contribution in [0, 0.1) is 20.8 Å². The number of fused-ring (bicyclic) bond motifs is 1. The van der Waals surface area contributed by atoms with E-state index in [1.54, 1.807) is 24.3 Å². The van der Waals surface area contributed by atoms with Crippen LogP contribution in [0.3, 0.4) is 0 Å². The van der Waals surface area contributed by atoms with Crippen LogP contribution in [0.25, 0.3) is 22.6 Å². The number of carbonyl (C=O) groups excluding carboxylic acids is 1. The summed E-state index contributed by atoms with van der Waals surface area (Å²) in [5.41, 5.74) is 6.79. The Balaban J connectivity index is 1.53. The van der Waals surface area contributed by atoms with Gasteiger partial charge in [-0.15, -0.1) is 0 Å². The van der Waals surface area contributed by atoms with E-state index in [0.717, 1.165) is 39.0 Å². The Morgan fingerprint density at radius 3 is 2.67 bits per heavy atom. The van der Waals surface area contributed by atoms with Gasteiger partial charge in [-0.25, -0.2) is 4.98 Å². The van der Waals surface area contributed by atoms with Gasteiger partial charge in [0, 0.05) is 16.8 Å². The van der Waals surface area contributed by atoms with Crippen molar-refractivity contribution >= 4 is 40.0 Å². The molecule has 2 N–H and O–H groups in total. The van der Waals surface area contributed by atoms with E-state index in [9.17, 15) is 4.79 Å². The summed E-state index contributed by atoms with van der Waals surface area (Å²) in [4.78, 5) is 17.3. The molecule has 0 spiro atoms. The molecule has 0 unspecified atom stereocenters. The van der Waals surface area contributed by atoms with Crippen LogP contribution in [-0.2, 0) is 0 Å². The fraction of sp³-hybridized carbons (Fsp3) is 0.192. The fourth-order valence-electron chi connectivity index (χ4n) is 3.72. The SMILES string of the molecule is CCOc1cccc(C(=O)NC(=S)Nc2cccc(-c3nc4cc(C)cc(C)c4o3)c2C)c1. The number of thiocarbonyl (C=S) groups is 1. The van der Waals surface area contributed by atoms with E-state index in [1.807, 2.05) is 52.0 Å². The van der Waals surface area contributed by atoms with Gasteiger partial charge < -0.3 is 14.5 Å². The molecular weight excluding hydrogens is 434 g/mol. The third-order valence-electron chi connectivity index (χ3n) is 5.27. The molecule has 0 aliphatic heterocycles. The van der Waals surface area contributed by atoms with E-state index in [-0.39, 0.29) is 11.0 Å². The predicted octanol–water partition coefficient (Wildman–Crippen LogP) is 5.95. The van der Waals surface area contributed by atoms with Gasteiger partial charge >= 0.3 is 0 Å². The molecule has 0 fully saturated rings. The number of aryl methyl sites for hydroxylation is 2. The van der Waals surface area contributed by atoms with Crippen molar-refractivity contribution in [2.24, 2.45) is 0 Å². The Bertz CT molecular complexity index is 1360. The summed E-state index contributed by atoms with van der Waals surface area (Å²) in [5.74, 6) is 0.867. The molecule has 6 nitrogen and oxygen atoms in total. The lowest BCUT2D eigenvalue weighted by Gasteiger charge is -2.13. The number of nitrogens with zero attached hydrogens (tertiary/aromatic N) is 1. The molecule has 4 aromatic rings. The van der Waals surface area contributed by atoms with Crippen molar-refractivity contribution in [2.45, 2.75) is 27.7 Å². The number of aromatic nitrogens is 1. The number of benzene rings is 3. The number of anilines is 1. The van der Waals surface area contributed by atoms with E-state index < -0.39 is 0 Å². The van der Waals surface area contributed by atoms with Crippen molar-refractivity contribution in [1.82, 2.24) is 10.3 Å². The highest BCUT2D eigenvalue weighted by atomic mass is 32.1. The number of ether oxygens (including phenoxy) is 1. The van der Waals surface area contributed by atoms with Crippen LogP contribution in [0.15, 0.2) is 59.0 Å². The largest absolute Gasteiger partial charge is 0.494 e. The summed E-state index contributed by atoms with van der Waals surface area (Å²) >= 11 is 5.39. The zero-order chi connectivity index (χ0) is 23.5. The second-order valence-corrected chi connectivity index (χ2v) is 8.20. The van der Waals surface area contributed by atoms with Crippen LogP contribution in [-0.4, -0.2) is 22.6 Å². The summed E-state index contributed by atoms with van der Waals surface area (Å²) < 4.78 is 11.5. The maximum atomic E-state index is 12.6. The lowest BCUT2D eigenvalue weighted by molar-refractivity contribution is 0.0977. The van der Waals surface area contributed by atoms with Crippen molar-refractivity contribution in [3.63, 3.8) is 0 Å². The quantitative estimate of drug-likeness (QED) is 0.360. The topological polar surface area (TPSA) is 76.4 Å². The van der Waals surface area contributed by atoms with E-state index in [1.165, 1.54) is 0 Å². The first kappa shape index (κ1) is 22.5. The third-order valence-corrected chi connectivity index (χ3v) is 5.47. The maximum Gasteiger partial charge on any atom is 0.257 e. The van der Waals surface area contributed by atoms with Gasteiger partial charge in [0.2, 0.25) is 5.89 Å². The van der Waals surface area contributed by atoms with Crippen LogP contribution in [0.5, 0.6) is 5.75 Å². The highest BCUT2D eigenvalue weighted by Crippen LogP contribution is 2.32. The first-order valence-electron chi connectivity index (χ1n) is 10.7. The summed E-state index contributed by atoms with van der Waals surface area (Å²) in [6.45, 7) is 8.44. The minimum Gasteiger partial charge on any atom is -0.494 e. The molecule has 0 saturated heterocycles. The normalized spacial score (nSPS) is 10.8. The van der Waals surface area contributed by atoms with Crippen molar-refractivity contribution < 1.29 is 13.9 Å². The fourth-order valence-corrected chi connectivity index (χ4v) is 3.92. The smallest absolute Gasteiger partial charge is 0.257 e. The van der Waals surface area contributed by atoms with E-state index in [0.29, 0.717) is 23.8 Å². The molecule has 4 rings (SSSR count). The number of carbonyl (C=O) groups is 1. The number of hydrogen-bond acceptors (Lipinski definition) is 5. The van der Waals surface area contributed by atoms with Gasteiger partial charge in [0.15, 0.2) is 10.7 Å². The Kier molecular flexibility index (Phi) is 6.42. The molecule has 1 aromatic heterocycles. The summed E-state index contributed by atoms with van der Waals surface area (Å²) in [6, 6.07) is 16.8. The van der Waals surface area contributed by atoms with Gasteiger partial charge in [0.25, 0.3) is 5.91 Å². The zero-order valence-corrected chi connectivity index (χ0v) is 19.8. The second-order valence-electron chi connectivity index (χ2n) is 7.80. The zero-order valence-electron chi connectivity index (χ0n) is 19.0.